The lowest BCUT2D eigenvalue weighted by Crippen LogP contribution is -2.07. The molecule has 0 N–H and O–H groups in total. The van der Waals surface area contributed by atoms with Gasteiger partial charge < -0.3 is 0 Å². The minimum absolute atomic E-state index is 0.130. The van der Waals surface area contributed by atoms with E-state index in [0.717, 1.165) is 5.56 Å². The number of halogens is 1. The summed E-state index contributed by atoms with van der Waals surface area (Å²) in [5.41, 5.74) is 0.783. The zero-order valence-electron chi connectivity index (χ0n) is 8.64. The van der Waals surface area contributed by atoms with Crippen LogP contribution < -0.4 is 0 Å². The van der Waals surface area contributed by atoms with Gasteiger partial charge in [0, 0.05) is 6.21 Å². The van der Waals surface area contributed by atoms with Gasteiger partial charge in [0.2, 0.25) is 0 Å². The smallest absolute Gasteiger partial charge is 0.152 e. The van der Waals surface area contributed by atoms with E-state index in [2.05, 4.69) is 4.99 Å². The summed E-state index contributed by atoms with van der Waals surface area (Å²) in [7, 11) is -2.88. The normalized spacial score (nSPS) is 23.9. The minimum atomic E-state index is -2.88. The van der Waals surface area contributed by atoms with E-state index in [-0.39, 0.29) is 23.4 Å². The zero-order valence-corrected chi connectivity index (χ0v) is 9.45. The van der Waals surface area contributed by atoms with Gasteiger partial charge in [0.15, 0.2) is 9.84 Å². The molecule has 1 fully saturated rings. The van der Waals surface area contributed by atoms with Crippen LogP contribution in [-0.4, -0.2) is 32.2 Å². The van der Waals surface area contributed by atoms with Crippen LogP contribution in [0.2, 0.25) is 0 Å². The highest BCUT2D eigenvalue weighted by Crippen LogP contribution is 2.14. The van der Waals surface area contributed by atoms with Crippen molar-refractivity contribution in [1.29, 1.82) is 0 Å². The molecule has 0 spiro atoms. The highest BCUT2D eigenvalue weighted by atomic mass is 32.2. The Bertz CT molecular complexity index is 493. The lowest BCUT2D eigenvalue weighted by Gasteiger charge is -1.99. The summed E-state index contributed by atoms with van der Waals surface area (Å²) in [5.74, 6) is 0.0592. The van der Waals surface area contributed by atoms with Crippen LogP contribution in [0.3, 0.4) is 0 Å². The van der Waals surface area contributed by atoms with Gasteiger partial charge in [-0.3, -0.25) is 4.99 Å². The molecule has 16 heavy (non-hydrogen) atoms. The van der Waals surface area contributed by atoms with Crippen LogP contribution in [0.4, 0.5) is 4.39 Å². The van der Waals surface area contributed by atoms with Crippen LogP contribution in [0.25, 0.3) is 0 Å². The number of hydrogen-bond donors (Lipinski definition) is 0. The largest absolute Gasteiger partial charge is 0.288 e. The summed E-state index contributed by atoms with van der Waals surface area (Å²) in [4.78, 5) is 4.19. The maximum absolute atomic E-state index is 12.6. The van der Waals surface area contributed by atoms with E-state index in [1.54, 1.807) is 18.3 Å². The molecule has 1 aliphatic heterocycles. The van der Waals surface area contributed by atoms with E-state index in [1.807, 2.05) is 0 Å². The van der Waals surface area contributed by atoms with E-state index < -0.39 is 9.84 Å². The van der Waals surface area contributed by atoms with Crippen LogP contribution in [-0.2, 0) is 9.84 Å². The quantitative estimate of drug-likeness (QED) is 0.735. The Morgan fingerprint density at radius 2 is 2.00 bits per heavy atom. The van der Waals surface area contributed by atoms with Crippen molar-refractivity contribution in [2.75, 3.05) is 11.5 Å². The van der Waals surface area contributed by atoms with E-state index in [1.165, 1.54) is 12.1 Å². The fourth-order valence-corrected chi connectivity index (χ4v) is 3.27. The van der Waals surface area contributed by atoms with Crippen molar-refractivity contribution < 1.29 is 12.8 Å². The maximum atomic E-state index is 12.6. The summed E-state index contributed by atoms with van der Waals surface area (Å²) in [6, 6.07) is 5.79. The van der Waals surface area contributed by atoms with Gasteiger partial charge in [0.05, 0.1) is 17.5 Å². The first-order chi connectivity index (χ1) is 7.55. The molecule has 1 unspecified atom stereocenters. The Labute approximate surface area is 93.9 Å². The van der Waals surface area contributed by atoms with Gasteiger partial charge in [0.25, 0.3) is 0 Å². The van der Waals surface area contributed by atoms with Gasteiger partial charge in [-0.25, -0.2) is 12.8 Å². The average Bonchev–Trinajstić information content (AvgIpc) is 2.58. The number of nitrogens with zero attached hydrogens (tertiary/aromatic N) is 1. The fraction of sp³-hybridized carbons (Fsp3) is 0.364. The van der Waals surface area contributed by atoms with E-state index in [4.69, 9.17) is 0 Å². The lowest BCUT2D eigenvalue weighted by molar-refractivity contribution is 0.601. The third-order valence-corrected chi connectivity index (χ3v) is 4.26. The van der Waals surface area contributed by atoms with Gasteiger partial charge in [-0.15, -0.1) is 0 Å². The van der Waals surface area contributed by atoms with Gasteiger partial charge in [-0.2, -0.15) is 0 Å². The minimum Gasteiger partial charge on any atom is -0.288 e. The number of hydrogen-bond acceptors (Lipinski definition) is 3. The van der Waals surface area contributed by atoms with E-state index in [9.17, 15) is 12.8 Å². The summed E-state index contributed by atoms with van der Waals surface area (Å²) >= 11 is 0. The van der Waals surface area contributed by atoms with Crippen LogP contribution >= 0.6 is 0 Å². The second kappa shape index (κ2) is 4.33. The molecule has 1 heterocycles. The molecule has 1 aliphatic rings. The SMILES string of the molecule is O=S1(=O)CCC(N=Cc2ccc(F)cc2)C1. The predicted molar refractivity (Wildman–Crippen MR) is 61.1 cm³/mol. The average molecular weight is 241 g/mol. The molecule has 1 aromatic carbocycles. The van der Waals surface area contributed by atoms with Crippen LogP contribution in [0.15, 0.2) is 29.3 Å². The molecule has 1 aromatic rings. The molecule has 5 heteroatoms. The molecule has 0 amide bonds. The number of benzene rings is 1. The Hall–Kier alpha value is -1.23. The number of sulfone groups is 1. The van der Waals surface area contributed by atoms with Crippen molar-refractivity contribution in [1.82, 2.24) is 0 Å². The van der Waals surface area contributed by atoms with Crippen molar-refractivity contribution in [3.63, 3.8) is 0 Å². The van der Waals surface area contributed by atoms with Crippen molar-refractivity contribution in [3.05, 3.63) is 35.6 Å². The van der Waals surface area contributed by atoms with Crippen LogP contribution in [0.5, 0.6) is 0 Å². The van der Waals surface area contributed by atoms with Crippen LogP contribution in [0.1, 0.15) is 12.0 Å². The van der Waals surface area contributed by atoms with Crippen molar-refractivity contribution >= 4 is 16.1 Å². The predicted octanol–water partition coefficient (Wildman–Crippen LogP) is 1.43. The zero-order chi connectivity index (χ0) is 11.6. The lowest BCUT2D eigenvalue weighted by atomic mass is 10.2. The van der Waals surface area contributed by atoms with Crippen LogP contribution in [0, 0.1) is 5.82 Å². The molecule has 1 saturated heterocycles. The Morgan fingerprint density at radius 1 is 1.31 bits per heavy atom. The molecule has 86 valence electrons. The van der Waals surface area contributed by atoms with Crippen molar-refractivity contribution in [2.24, 2.45) is 4.99 Å². The molecule has 2 rings (SSSR count). The number of aliphatic imine (C=N–C) groups is 1. The first kappa shape index (κ1) is 11.3. The Morgan fingerprint density at radius 3 is 2.56 bits per heavy atom. The maximum Gasteiger partial charge on any atom is 0.152 e. The summed E-state index contributed by atoms with van der Waals surface area (Å²) < 4.78 is 35.0. The number of rotatable bonds is 2. The summed E-state index contributed by atoms with van der Waals surface area (Å²) in [5, 5.41) is 0. The Balaban J connectivity index is 2.03. The van der Waals surface area contributed by atoms with Gasteiger partial charge in [-0.05, 0) is 24.1 Å². The highest BCUT2D eigenvalue weighted by Gasteiger charge is 2.26. The monoisotopic (exact) mass is 241 g/mol. The molecule has 0 radical (unpaired) electrons. The fourth-order valence-electron chi connectivity index (χ4n) is 1.63. The van der Waals surface area contributed by atoms with E-state index >= 15 is 0 Å². The highest BCUT2D eigenvalue weighted by molar-refractivity contribution is 7.91. The van der Waals surface area contributed by atoms with E-state index in [0.29, 0.717) is 6.42 Å². The molecule has 0 aliphatic carbocycles. The van der Waals surface area contributed by atoms with Gasteiger partial charge in [-0.1, -0.05) is 12.1 Å². The van der Waals surface area contributed by atoms with Gasteiger partial charge >= 0.3 is 0 Å². The van der Waals surface area contributed by atoms with Crippen molar-refractivity contribution in [3.8, 4) is 0 Å². The third kappa shape index (κ3) is 2.88. The standard InChI is InChI=1S/C11H12FNO2S/c12-10-3-1-9(2-4-10)7-13-11-5-6-16(14,15)8-11/h1-4,7,11H,5-6,8H2. The molecule has 3 nitrogen and oxygen atoms in total. The summed E-state index contributed by atoms with van der Waals surface area (Å²) in [6.45, 7) is 0. The third-order valence-electron chi connectivity index (χ3n) is 2.51. The molecular formula is C11H12FNO2S. The molecular weight excluding hydrogens is 229 g/mol. The Kier molecular flexibility index (Phi) is 3.05. The van der Waals surface area contributed by atoms with Gasteiger partial charge in [0.1, 0.15) is 5.82 Å². The summed E-state index contributed by atoms with van der Waals surface area (Å²) in [6.07, 6.45) is 2.19. The molecule has 1 atom stereocenters. The molecule has 0 bridgehead atoms. The second-order valence-electron chi connectivity index (χ2n) is 3.89. The first-order valence-corrected chi connectivity index (χ1v) is 6.86. The topological polar surface area (TPSA) is 46.5 Å². The van der Waals surface area contributed by atoms with Crippen molar-refractivity contribution in [2.45, 2.75) is 12.5 Å². The molecule has 0 saturated carbocycles. The second-order valence-corrected chi connectivity index (χ2v) is 6.12. The molecule has 0 aromatic heterocycles. The first-order valence-electron chi connectivity index (χ1n) is 5.04.